The van der Waals surface area contributed by atoms with Gasteiger partial charge in [0.2, 0.25) is 0 Å². The Morgan fingerprint density at radius 1 is 1.22 bits per heavy atom. The number of halogens is 1. The van der Waals surface area contributed by atoms with Crippen molar-refractivity contribution in [3.63, 3.8) is 0 Å². The van der Waals surface area contributed by atoms with Crippen molar-refractivity contribution in [2.75, 3.05) is 18.4 Å². The molecule has 0 spiro atoms. The lowest BCUT2D eigenvalue weighted by Crippen LogP contribution is -2.36. The molecular formula is C15H18ClN5O2. The van der Waals surface area contributed by atoms with Gasteiger partial charge in [-0.15, -0.1) is 0 Å². The molecule has 2 rings (SSSR count). The molecule has 0 aliphatic rings. The quantitative estimate of drug-likeness (QED) is 0.729. The molecule has 0 aliphatic heterocycles. The highest BCUT2D eigenvalue weighted by Crippen LogP contribution is 2.19. The number of carbonyl (C=O) groups is 2. The highest BCUT2D eigenvalue weighted by atomic mass is 35.5. The Labute approximate surface area is 139 Å². The highest BCUT2D eigenvalue weighted by molar-refractivity contribution is 6.33. The summed E-state index contributed by atoms with van der Waals surface area (Å²) in [6.45, 7) is 2.37. The normalized spacial score (nSPS) is 10.2. The number of anilines is 1. The van der Waals surface area contributed by atoms with Crippen LogP contribution in [0.5, 0.6) is 0 Å². The summed E-state index contributed by atoms with van der Waals surface area (Å²) in [5.41, 5.74) is 1.71. The molecule has 0 bridgehead atoms. The van der Waals surface area contributed by atoms with Crippen LogP contribution in [0.15, 0.2) is 30.5 Å². The predicted octanol–water partition coefficient (Wildman–Crippen LogP) is 1.93. The molecule has 0 saturated carbocycles. The molecule has 1 aromatic heterocycles. The average molecular weight is 336 g/mol. The predicted molar refractivity (Wildman–Crippen MR) is 88.8 cm³/mol. The molecule has 3 N–H and O–H groups in total. The summed E-state index contributed by atoms with van der Waals surface area (Å²) < 4.78 is 1.58. The second kappa shape index (κ2) is 7.64. The molecule has 3 amide bonds. The van der Waals surface area contributed by atoms with E-state index >= 15 is 0 Å². The molecule has 1 heterocycles. The number of carbonyl (C=O) groups excluding carboxylic acids is 2. The lowest BCUT2D eigenvalue weighted by atomic mass is 10.2. The molecule has 0 aliphatic carbocycles. The fourth-order valence-corrected chi connectivity index (χ4v) is 2.18. The van der Waals surface area contributed by atoms with Crippen LogP contribution in [0.4, 0.5) is 10.5 Å². The van der Waals surface area contributed by atoms with E-state index < -0.39 is 0 Å². The van der Waals surface area contributed by atoms with Crippen molar-refractivity contribution in [1.29, 1.82) is 0 Å². The van der Waals surface area contributed by atoms with E-state index in [0.717, 1.165) is 0 Å². The number of hydrogen-bond donors (Lipinski definition) is 3. The molecule has 23 heavy (non-hydrogen) atoms. The van der Waals surface area contributed by atoms with E-state index in [1.54, 1.807) is 49.1 Å². The van der Waals surface area contributed by atoms with Gasteiger partial charge in [-0.2, -0.15) is 5.10 Å². The minimum absolute atomic E-state index is 0.219. The zero-order chi connectivity index (χ0) is 16.8. The summed E-state index contributed by atoms with van der Waals surface area (Å²) in [6, 6.07) is 6.56. The zero-order valence-corrected chi connectivity index (χ0v) is 13.6. The molecular weight excluding hydrogens is 318 g/mol. The van der Waals surface area contributed by atoms with Crippen LogP contribution in [0.1, 0.15) is 16.1 Å². The summed E-state index contributed by atoms with van der Waals surface area (Å²) in [6.07, 6.45) is 1.65. The van der Waals surface area contributed by atoms with Crippen LogP contribution in [-0.4, -0.2) is 34.8 Å². The van der Waals surface area contributed by atoms with Gasteiger partial charge in [-0.1, -0.05) is 23.7 Å². The van der Waals surface area contributed by atoms with Crippen LogP contribution < -0.4 is 16.0 Å². The Bertz CT molecular complexity index is 714. The molecule has 2 aromatic rings. The fraction of sp³-hybridized carbons (Fsp3) is 0.267. The highest BCUT2D eigenvalue weighted by Gasteiger charge is 2.11. The Hall–Kier alpha value is -2.54. The standard InChI is InChI=1S/C15H18ClN5O2/c1-10-11(9-21(2)20-10)14(22)17-7-8-18-15(23)19-13-6-4-3-5-12(13)16/h3-6,9H,7-8H2,1-2H3,(H,17,22)(H2,18,19,23). The third-order valence-electron chi connectivity index (χ3n) is 3.08. The van der Waals surface area contributed by atoms with Crippen LogP contribution in [0.2, 0.25) is 5.02 Å². The second-order valence-electron chi connectivity index (χ2n) is 4.92. The number of para-hydroxylation sites is 1. The van der Waals surface area contributed by atoms with Gasteiger partial charge in [0.1, 0.15) is 0 Å². The van der Waals surface area contributed by atoms with Crippen molar-refractivity contribution in [1.82, 2.24) is 20.4 Å². The van der Waals surface area contributed by atoms with Crippen molar-refractivity contribution in [3.05, 3.63) is 46.7 Å². The van der Waals surface area contributed by atoms with E-state index in [1.165, 1.54) is 0 Å². The van der Waals surface area contributed by atoms with Crippen molar-refractivity contribution in [2.45, 2.75) is 6.92 Å². The van der Waals surface area contributed by atoms with Crippen LogP contribution in [-0.2, 0) is 7.05 Å². The van der Waals surface area contributed by atoms with E-state index in [2.05, 4.69) is 21.0 Å². The molecule has 0 fully saturated rings. The maximum Gasteiger partial charge on any atom is 0.319 e. The number of hydrogen-bond acceptors (Lipinski definition) is 3. The number of benzene rings is 1. The third kappa shape index (κ3) is 4.72. The Kier molecular flexibility index (Phi) is 5.59. The number of urea groups is 1. The van der Waals surface area contributed by atoms with Gasteiger partial charge in [0.25, 0.3) is 5.91 Å². The van der Waals surface area contributed by atoms with Gasteiger partial charge < -0.3 is 16.0 Å². The summed E-state index contributed by atoms with van der Waals surface area (Å²) in [5.74, 6) is -0.219. The summed E-state index contributed by atoms with van der Waals surface area (Å²) in [4.78, 5) is 23.7. The molecule has 0 atom stereocenters. The fourth-order valence-electron chi connectivity index (χ4n) is 2.00. The average Bonchev–Trinajstić information content (AvgIpc) is 2.84. The Morgan fingerprint density at radius 2 is 1.91 bits per heavy atom. The monoisotopic (exact) mass is 335 g/mol. The maximum atomic E-state index is 11.9. The Morgan fingerprint density at radius 3 is 2.57 bits per heavy atom. The minimum Gasteiger partial charge on any atom is -0.350 e. The smallest absolute Gasteiger partial charge is 0.319 e. The largest absolute Gasteiger partial charge is 0.350 e. The van der Waals surface area contributed by atoms with Gasteiger partial charge in [-0.25, -0.2) is 4.79 Å². The van der Waals surface area contributed by atoms with Gasteiger partial charge in [-0.3, -0.25) is 9.48 Å². The van der Waals surface area contributed by atoms with E-state index in [-0.39, 0.29) is 11.9 Å². The molecule has 1 aromatic carbocycles. The summed E-state index contributed by atoms with van der Waals surface area (Å²) in [5, 5.41) is 12.6. The lowest BCUT2D eigenvalue weighted by molar-refractivity contribution is 0.0953. The first-order valence-corrected chi connectivity index (χ1v) is 7.43. The van der Waals surface area contributed by atoms with E-state index in [0.29, 0.717) is 35.1 Å². The number of rotatable bonds is 5. The van der Waals surface area contributed by atoms with Crippen LogP contribution in [0.3, 0.4) is 0 Å². The van der Waals surface area contributed by atoms with Gasteiger partial charge >= 0.3 is 6.03 Å². The number of aromatic nitrogens is 2. The van der Waals surface area contributed by atoms with Gasteiger partial charge in [0, 0.05) is 26.3 Å². The molecule has 0 radical (unpaired) electrons. The summed E-state index contributed by atoms with van der Waals surface area (Å²) >= 11 is 5.95. The van der Waals surface area contributed by atoms with Gasteiger partial charge in [0.05, 0.1) is 22.0 Å². The molecule has 0 unspecified atom stereocenters. The third-order valence-corrected chi connectivity index (χ3v) is 3.41. The first kappa shape index (κ1) is 16.8. The maximum absolute atomic E-state index is 11.9. The molecule has 122 valence electrons. The SMILES string of the molecule is Cc1nn(C)cc1C(=O)NCCNC(=O)Nc1ccccc1Cl. The lowest BCUT2D eigenvalue weighted by Gasteiger charge is -2.09. The topological polar surface area (TPSA) is 88.1 Å². The van der Waals surface area contributed by atoms with Crippen molar-refractivity contribution in [3.8, 4) is 0 Å². The number of amides is 3. The minimum atomic E-state index is -0.384. The van der Waals surface area contributed by atoms with Crippen LogP contribution >= 0.6 is 11.6 Å². The number of aryl methyl sites for hydroxylation is 2. The molecule has 7 nitrogen and oxygen atoms in total. The van der Waals surface area contributed by atoms with E-state index in [9.17, 15) is 9.59 Å². The summed E-state index contributed by atoms with van der Waals surface area (Å²) in [7, 11) is 1.75. The number of nitrogens with one attached hydrogen (secondary N) is 3. The Balaban J connectivity index is 1.73. The second-order valence-corrected chi connectivity index (χ2v) is 5.33. The molecule has 0 saturated heterocycles. The molecule has 8 heteroatoms. The van der Waals surface area contributed by atoms with Gasteiger partial charge in [-0.05, 0) is 19.1 Å². The first-order chi connectivity index (χ1) is 11.0. The van der Waals surface area contributed by atoms with E-state index in [4.69, 9.17) is 11.6 Å². The van der Waals surface area contributed by atoms with Crippen molar-refractivity contribution < 1.29 is 9.59 Å². The zero-order valence-electron chi connectivity index (χ0n) is 12.9. The van der Waals surface area contributed by atoms with Crippen molar-refractivity contribution >= 4 is 29.2 Å². The number of nitrogens with zero attached hydrogens (tertiary/aromatic N) is 2. The van der Waals surface area contributed by atoms with E-state index in [1.807, 2.05) is 0 Å². The van der Waals surface area contributed by atoms with Gasteiger partial charge in [0.15, 0.2) is 0 Å². The van der Waals surface area contributed by atoms with Crippen LogP contribution in [0.25, 0.3) is 0 Å². The first-order valence-electron chi connectivity index (χ1n) is 7.05. The van der Waals surface area contributed by atoms with Crippen molar-refractivity contribution in [2.24, 2.45) is 7.05 Å². The van der Waals surface area contributed by atoms with Crippen LogP contribution in [0, 0.1) is 6.92 Å².